The highest BCUT2D eigenvalue weighted by Gasteiger charge is 2.16. The minimum absolute atomic E-state index is 0.0905. The number of rotatable bonds is 4. The number of carbonyl (C=O) groups is 1. The molecule has 0 atom stereocenters. The van der Waals surface area contributed by atoms with E-state index in [4.69, 9.17) is 17.1 Å². The average molecular weight is 300 g/mol. The Morgan fingerprint density at radius 1 is 1.24 bits per heavy atom. The average Bonchev–Trinajstić information content (AvgIpc) is 2.44. The van der Waals surface area contributed by atoms with Gasteiger partial charge in [-0.15, -0.1) is 0 Å². The van der Waals surface area contributed by atoms with Crippen LogP contribution in [0.5, 0.6) is 0 Å². The Kier molecular flexibility index (Phi) is 4.63. The van der Waals surface area contributed by atoms with Gasteiger partial charge in [0, 0.05) is 21.1 Å². The predicted octanol–water partition coefficient (Wildman–Crippen LogP) is 5.00. The molecule has 2 rings (SSSR count). The molecule has 0 unspecified atom stereocenters. The Morgan fingerprint density at radius 3 is 2.52 bits per heavy atom. The normalized spacial score (nSPS) is 10.0. The third-order valence-electron chi connectivity index (χ3n) is 3.20. The summed E-state index contributed by atoms with van der Waals surface area (Å²) in [6, 6.07) is 10.6. The minimum Gasteiger partial charge on any atom is -0.289 e. The van der Waals surface area contributed by atoms with Crippen LogP contribution in [-0.4, -0.2) is 5.78 Å². The first-order chi connectivity index (χ1) is 10.0. The van der Waals surface area contributed by atoms with E-state index in [1.807, 2.05) is 26.0 Å². The summed E-state index contributed by atoms with van der Waals surface area (Å²) < 4.78 is 0. The smallest absolute Gasteiger partial charge is 0.193 e. The predicted molar refractivity (Wildman–Crippen MR) is 83.7 cm³/mol. The molecule has 0 amide bonds. The van der Waals surface area contributed by atoms with Gasteiger partial charge in [0.1, 0.15) is 0 Å². The van der Waals surface area contributed by atoms with Crippen molar-refractivity contribution >= 4 is 17.4 Å². The highest BCUT2D eigenvalue weighted by atomic mass is 35.5. The molecule has 0 aromatic heterocycles. The number of hydrogen-bond acceptors (Lipinski definition) is 2. The summed E-state index contributed by atoms with van der Waals surface area (Å²) >= 11 is 5.85. The molecule has 0 N–H and O–H groups in total. The lowest BCUT2D eigenvalue weighted by Gasteiger charge is -2.12. The number of carbonyl (C=O) groups excluding carboxylic acids is 1. The number of nitrogens with zero attached hydrogens (tertiary/aromatic N) is 3. The number of halogens is 1. The fourth-order valence-corrected chi connectivity index (χ4v) is 2.48. The van der Waals surface area contributed by atoms with Crippen LogP contribution in [0.1, 0.15) is 32.6 Å². The van der Waals surface area contributed by atoms with Crippen LogP contribution in [0.15, 0.2) is 41.5 Å². The zero-order chi connectivity index (χ0) is 15.4. The molecule has 0 heterocycles. The molecular weight excluding hydrogens is 286 g/mol. The molecule has 0 aliphatic heterocycles. The third-order valence-corrected chi connectivity index (χ3v) is 3.45. The molecule has 2 aromatic carbocycles. The van der Waals surface area contributed by atoms with E-state index >= 15 is 0 Å². The van der Waals surface area contributed by atoms with Crippen molar-refractivity contribution in [1.29, 1.82) is 0 Å². The lowest BCUT2D eigenvalue weighted by atomic mass is 9.92. The van der Waals surface area contributed by atoms with Gasteiger partial charge in [0.05, 0.1) is 6.54 Å². The van der Waals surface area contributed by atoms with Gasteiger partial charge in [-0.3, -0.25) is 4.79 Å². The van der Waals surface area contributed by atoms with Gasteiger partial charge >= 0.3 is 0 Å². The fraction of sp³-hybridized carbons (Fsp3) is 0.188. The molecule has 5 heteroatoms. The SMILES string of the molecule is Cc1cc(C)c(C(=O)c2ccc(Cl)cc2)c(CN=[N+]=[N-])c1. The lowest BCUT2D eigenvalue weighted by molar-refractivity contribution is 0.103. The summed E-state index contributed by atoms with van der Waals surface area (Å²) in [7, 11) is 0. The van der Waals surface area contributed by atoms with Crippen molar-refractivity contribution in [2.24, 2.45) is 5.11 Å². The summed E-state index contributed by atoms with van der Waals surface area (Å²) in [6.45, 7) is 3.99. The van der Waals surface area contributed by atoms with Gasteiger partial charge in [-0.1, -0.05) is 34.4 Å². The quantitative estimate of drug-likeness (QED) is 0.339. The molecule has 4 nitrogen and oxygen atoms in total. The van der Waals surface area contributed by atoms with Gasteiger partial charge in [-0.2, -0.15) is 0 Å². The first-order valence-electron chi connectivity index (χ1n) is 6.44. The second-order valence-corrected chi connectivity index (χ2v) is 5.28. The fourth-order valence-electron chi connectivity index (χ4n) is 2.36. The minimum atomic E-state index is -0.0905. The molecule has 106 valence electrons. The second kappa shape index (κ2) is 6.44. The van der Waals surface area contributed by atoms with Crippen LogP contribution in [0.4, 0.5) is 0 Å². The summed E-state index contributed by atoms with van der Waals surface area (Å²) in [5.41, 5.74) is 12.3. The molecule has 0 spiro atoms. The van der Waals surface area contributed by atoms with E-state index in [1.165, 1.54) is 0 Å². The molecule has 0 saturated carbocycles. The van der Waals surface area contributed by atoms with Gasteiger partial charge < -0.3 is 0 Å². The first-order valence-corrected chi connectivity index (χ1v) is 6.82. The van der Waals surface area contributed by atoms with Crippen molar-refractivity contribution < 1.29 is 4.79 Å². The Bertz CT molecular complexity index is 732. The number of azide groups is 1. The third kappa shape index (κ3) is 3.43. The maximum absolute atomic E-state index is 12.7. The van der Waals surface area contributed by atoms with Crippen LogP contribution in [0.2, 0.25) is 5.02 Å². The highest BCUT2D eigenvalue weighted by molar-refractivity contribution is 6.30. The number of benzene rings is 2. The van der Waals surface area contributed by atoms with Gasteiger partial charge in [-0.25, -0.2) is 0 Å². The molecule has 2 aromatic rings. The molecule has 0 aliphatic carbocycles. The zero-order valence-electron chi connectivity index (χ0n) is 11.8. The Labute approximate surface area is 128 Å². The van der Waals surface area contributed by atoms with Gasteiger partial charge in [-0.05, 0) is 54.8 Å². The lowest BCUT2D eigenvalue weighted by Crippen LogP contribution is -2.08. The van der Waals surface area contributed by atoms with Crippen molar-refractivity contribution in [3.05, 3.63) is 79.7 Å². The van der Waals surface area contributed by atoms with Crippen molar-refractivity contribution in [2.45, 2.75) is 20.4 Å². The molecule has 0 saturated heterocycles. The van der Waals surface area contributed by atoms with E-state index in [-0.39, 0.29) is 12.3 Å². The van der Waals surface area contributed by atoms with Crippen LogP contribution in [0, 0.1) is 13.8 Å². The van der Waals surface area contributed by atoms with E-state index in [0.29, 0.717) is 16.1 Å². The number of ketones is 1. The van der Waals surface area contributed by atoms with Crippen molar-refractivity contribution in [3.63, 3.8) is 0 Å². The second-order valence-electron chi connectivity index (χ2n) is 4.84. The van der Waals surface area contributed by atoms with E-state index in [9.17, 15) is 4.79 Å². The zero-order valence-corrected chi connectivity index (χ0v) is 12.6. The maximum Gasteiger partial charge on any atom is 0.193 e. The molecule has 0 bridgehead atoms. The van der Waals surface area contributed by atoms with Crippen LogP contribution in [0.25, 0.3) is 10.4 Å². The number of hydrogen-bond donors (Lipinski definition) is 0. The summed E-state index contributed by atoms with van der Waals surface area (Å²) in [6.07, 6.45) is 0. The standard InChI is InChI=1S/C16H14ClN3O/c1-10-7-11(2)15(13(8-10)9-19-20-18)16(21)12-3-5-14(17)6-4-12/h3-8H,9H2,1-2H3. The van der Waals surface area contributed by atoms with Gasteiger partial charge in [0.15, 0.2) is 5.78 Å². The van der Waals surface area contributed by atoms with E-state index in [2.05, 4.69) is 10.0 Å². The first kappa shape index (κ1) is 15.1. The Morgan fingerprint density at radius 2 is 1.90 bits per heavy atom. The summed E-state index contributed by atoms with van der Waals surface area (Å²) in [4.78, 5) is 15.5. The van der Waals surface area contributed by atoms with Crippen LogP contribution in [0.3, 0.4) is 0 Å². The monoisotopic (exact) mass is 299 g/mol. The van der Waals surface area contributed by atoms with Crippen molar-refractivity contribution in [3.8, 4) is 0 Å². The largest absolute Gasteiger partial charge is 0.289 e. The summed E-state index contributed by atoms with van der Waals surface area (Å²) in [5.74, 6) is -0.0905. The van der Waals surface area contributed by atoms with Crippen molar-refractivity contribution in [2.75, 3.05) is 0 Å². The van der Waals surface area contributed by atoms with Crippen LogP contribution in [-0.2, 0) is 6.54 Å². The molecular formula is C16H14ClN3O. The maximum atomic E-state index is 12.7. The Hall–Kier alpha value is -2.29. The molecule has 0 fully saturated rings. The molecule has 21 heavy (non-hydrogen) atoms. The highest BCUT2D eigenvalue weighted by Crippen LogP contribution is 2.22. The number of aryl methyl sites for hydroxylation is 2. The van der Waals surface area contributed by atoms with Crippen LogP contribution < -0.4 is 0 Å². The van der Waals surface area contributed by atoms with Gasteiger partial charge in [0.2, 0.25) is 0 Å². The van der Waals surface area contributed by atoms with Crippen molar-refractivity contribution in [1.82, 2.24) is 0 Å². The van der Waals surface area contributed by atoms with E-state index < -0.39 is 0 Å². The Balaban J connectivity index is 2.53. The van der Waals surface area contributed by atoms with E-state index in [1.54, 1.807) is 24.3 Å². The summed E-state index contributed by atoms with van der Waals surface area (Å²) in [5, 5.41) is 4.17. The van der Waals surface area contributed by atoms with Crippen LogP contribution >= 0.6 is 11.6 Å². The van der Waals surface area contributed by atoms with E-state index in [0.717, 1.165) is 16.7 Å². The molecule has 0 aliphatic rings. The van der Waals surface area contributed by atoms with Gasteiger partial charge in [0.25, 0.3) is 0 Å². The topological polar surface area (TPSA) is 65.8 Å². The molecule has 0 radical (unpaired) electrons.